The first-order valence-electron chi connectivity index (χ1n) is 6.68. The number of nitrogens with one attached hydrogen (secondary N) is 1. The summed E-state index contributed by atoms with van der Waals surface area (Å²) in [4.78, 5) is 14.1. The number of nitrogens with zero attached hydrogens (tertiary/aromatic N) is 3. The smallest absolute Gasteiger partial charge is 0.157 e. The number of hydrogen-bond acceptors (Lipinski definition) is 5. The fourth-order valence-electron chi connectivity index (χ4n) is 2.14. The normalized spacial score (nSPS) is 10.8. The fraction of sp³-hybridized carbons (Fsp3) is 0.267. The summed E-state index contributed by atoms with van der Waals surface area (Å²) in [6.45, 7) is 2.80. The van der Waals surface area contributed by atoms with Crippen LogP contribution < -0.4 is 5.32 Å². The summed E-state index contributed by atoms with van der Waals surface area (Å²) in [7, 11) is 0. The lowest BCUT2D eigenvalue weighted by Gasteiger charge is -2.07. The summed E-state index contributed by atoms with van der Waals surface area (Å²) < 4.78 is 0. The van der Waals surface area contributed by atoms with Crippen LogP contribution in [0.25, 0.3) is 10.3 Å². The van der Waals surface area contributed by atoms with Crippen LogP contribution in [0.15, 0.2) is 35.8 Å². The third-order valence-corrected chi connectivity index (χ3v) is 3.81. The molecule has 4 nitrogen and oxygen atoms in total. The minimum absolute atomic E-state index is 0.785. The van der Waals surface area contributed by atoms with Crippen LogP contribution in [-0.2, 0) is 6.42 Å². The van der Waals surface area contributed by atoms with Gasteiger partial charge in [0.15, 0.2) is 5.82 Å². The van der Waals surface area contributed by atoms with Gasteiger partial charge in [0.05, 0.1) is 5.51 Å². The summed E-state index contributed by atoms with van der Waals surface area (Å²) in [5, 5.41) is 3.38. The number of hydrogen-bond donors (Lipinski definition) is 1. The van der Waals surface area contributed by atoms with E-state index in [9.17, 15) is 0 Å². The molecule has 0 amide bonds. The van der Waals surface area contributed by atoms with Crippen LogP contribution in [0.4, 0.5) is 5.82 Å². The van der Waals surface area contributed by atoms with Crippen LogP contribution in [0.1, 0.15) is 17.8 Å². The van der Waals surface area contributed by atoms with Gasteiger partial charge in [0.2, 0.25) is 0 Å². The Labute approximate surface area is 121 Å². The van der Waals surface area contributed by atoms with Crippen molar-refractivity contribution >= 4 is 27.5 Å². The van der Waals surface area contributed by atoms with E-state index in [0.717, 1.165) is 41.4 Å². The van der Waals surface area contributed by atoms with Gasteiger partial charge < -0.3 is 5.32 Å². The van der Waals surface area contributed by atoms with E-state index in [1.165, 1.54) is 5.56 Å². The molecule has 102 valence electrons. The van der Waals surface area contributed by atoms with Crippen LogP contribution in [-0.4, -0.2) is 21.5 Å². The molecular weight excluding hydrogens is 268 g/mol. The molecule has 0 fully saturated rings. The van der Waals surface area contributed by atoms with Gasteiger partial charge in [0, 0.05) is 6.54 Å². The SMILES string of the molecule is Cc1nc(NCCCc2ccccc2)c2ncsc2n1. The molecule has 2 heterocycles. The molecule has 0 aliphatic carbocycles. The Hall–Kier alpha value is -2.01. The topological polar surface area (TPSA) is 50.7 Å². The van der Waals surface area contributed by atoms with E-state index in [2.05, 4.69) is 44.5 Å². The van der Waals surface area contributed by atoms with Crippen molar-refractivity contribution in [2.45, 2.75) is 19.8 Å². The Bertz CT molecular complexity index is 693. The Balaban J connectivity index is 1.61. The van der Waals surface area contributed by atoms with E-state index in [4.69, 9.17) is 0 Å². The number of aryl methyl sites for hydroxylation is 2. The van der Waals surface area contributed by atoms with Gasteiger partial charge in [-0.05, 0) is 25.3 Å². The molecule has 0 aliphatic rings. The molecule has 0 atom stereocenters. The zero-order valence-electron chi connectivity index (χ0n) is 11.3. The molecule has 1 aromatic carbocycles. The zero-order valence-corrected chi connectivity index (χ0v) is 12.2. The minimum Gasteiger partial charge on any atom is -0.368 e. The van der Waals surface area contributed by atoms with Gasteiger partial charge in [-0.25, -0.2) is 15.0 Å². The lowest BCUT2D eigenvalue weighted by Crippen LogP contribution is -2.06. The van der Waals surface area contributed by atoms with Gasteiger partial charge in [-0.2, -0.15) is 0 Å². The van der Waals surface area contributed by atoms with Crippen LogP contribution in [0.2, 0.25) is 0 Å². The maximum atomic E-state index is 4.44. The number of benzene rings is 1. The fourth-order valence-corrected chi connectivity index (χ4v) is 2.84. The quantitative estimate of drug-likeness (QED) is 0.729. The van der Waals surface area contributed by atoms with Crippen molar-refractivity contribution in [3.63, 3.8) is 0 Å². The van der Waals surface area contributed by atoms with Gasteiger partial charge in [0.1, 0.15) is 16.2 Å². The van der Waals surface area contributed by atoms with Crippen molar-refractivity contribution in [2.24, 2.45) is 0 Å². The molecule has 20 heavy (non-hydrogen) atoms. The molecule has 2 aromatic heterocycles. The molecule has 1 N–H and O–H groups in total. The van der Waals surface area contributed by atoms with Crippen molar-refractivity contribution in [1.29, 1.82) is 0 Å². The second kappa shape index (κ2) is 5.96. The first kappa shape index (κ1) is 13.0. The van der Waals surface area contributed by atoms with Crippen molar-refractivity contribution in [1.82, 2.24) is 15.0 Å². The highest BCUT2D eigenvalue weighted by atomic mass is 32.1. The molecule has 0 saturated heterocycles. The molecule has 3 rings (SSSR count). The summed E-state index contributed by atoms with van der Waals surface area (Å²) in [6, 6.07) is 10.5. The standard InChI is InChI=1S/C15H16N4S/c1-11-18-14(13-15(19-11)20-10-17-13)16-9-5-8-12-6-3-2-4-7-12/h2-4,6-7,10H,5,8-9H2,1H3,(H,16,18,19). The Kier molecular flexibility index (Phi) is 3.87. The maximum Gasteiger partial charge on any atom is 0.157 e. The van der Waals surface area contributed by atoms with E-state index in [1.54, 1.807) is 11.3 Å². The number of fused-ring (bicyclic) bond motifs is 1. The number of anilines is 1. The second-order valence-corrected chi connectivity index (χ2v) is 5.47. The summed E-state index contributed by atoms with van der Waals surface area (Å²) in [5.74, 6) is 1.63. The number of rotatable bonds is 5. The first-order valence-corrected chi connectivity index (χ1v) is 7.56. The number of aromatic nitrogens is 3. The van der Waals surface area contributed by atoms with Crippen molar-refractivity contribution in [3.8, 4) is 0 Å². The summed E-state index contributed by atoms with van der Waals surface area (Å²) in [6.07, 6.45) is 2.14. The van der Waals surface area contributed by atoms with Crippen LogP contribution in [0.5, 0.6) is 0 Å². The lowest BCUT2D eigenvalue weighted by atomic mass is 10.1. The number of thiazole rings is 1. The predicted octanol–water partition coefficient (Wildman–Crippen LogP) is 3.44. The third-order valence-electron chi connectivity index (χ3n) is 3.09. The lowest BCUT2D eigenvalue weighted by molar-refractivity contribution is 0.858. The Morgan fingerprint density at radius 2 is 2.00 bits per heavy atom. The van der Waals surface area contributed by atoms with E-state index in [-0.39, 0.29) is 0 Å². The largest absolute Gasteiger partial charge is 0.368 e. The molecule has 3 aromatic rings. The average Bonchev–Trinajstić information content (AvgIpc) is 2.92. The van der Waals surface area contributed by atoms with Gasteiger partial charge in [-0.3, -0.25) is 0 Å². The molecular formula is C15H16N4S. The van der Waals surface area contributed by atoms with Gasteiger partial charge in [0.25, 0.3) is 0 Å². The van der Waals surface area contributed by atoms with E-state index >= 15 is 0 Å². The molecule has 0 unspecified atom stereocenters. The van der Waals surface area contributed by atoms with Crippen LogP contribution in [0, 0.1) is 6.92 Å². The van der Waals surface area contributed by atoms with Gasteiger partial charge >= 0.3 is 0 Å². The predicted molar refractivity (Wildman–Crippen MR) is 83.2 cm³/mol. The van der Waals surface area contributed by atoms with Crippen molar-refractivity contribution < 1.29 is 0 Å². The monoisotopic (exact) mass is 284 g/mol. The zero-order chi connectivity index (χ0) is 13.8. The van der Waals surface area contributed by atoms with Gasteiger partial charge in [-0.15, -0.1) is 11.3 Å². The summed E-state index contributed by atoms with van der Waals surface area (Å²) in [5.41, 5.74) is 4.06. The molecule has 0 spiro atoms. The summed E-state index contributed by atoms with van der Waals surface area (Å²) >= 11 is 1.55. The van der Waals surface area contributed by atoms with Crippen LogP contribution in [0.3, 0.4) is 0 Å². The molecule has 5 heteroatoms. The molecule has 0 radical (unpaired) electrons. The maximum absolute atomic E-state index is 4.44. The highest BCUT2D eigenvalue weighted by Crippen LogP contribution is 2.21. The average molecular weight is 284 g/mol. The molecule has 0 aliphatic heterocycles. The van der Waals surface area contributed by atoms with Crippen molar-refractivity contribution in [2.75, 3.05) is 11.9 Å². The molecule has 0 bridgehead atoms. The highest BCUT2D eigenvalue weighted by molar-refractivity contribution is 7.16. The molecule has 0 saturated carbocycles. The first-order chi connectivity index (χ1) is 9.83. The highest BCUT2D eigenvalue weighted by Gasteiger charge is 2.07. The van der Waals surface area contributed by atoms with Gasteiger partial charge in [-0.1, -0.05) is 30.3 Å². The third kappa shape index (κ3) is 2.93. The van der Waals surface area contributed by atoms with E-state index in [0.29, 0.717) is 0 Å². The van der Waals surface area contributed by atoms with Crippen molar-refractivity contribution in [3.05, 3.63) is 47.2 Å². The van der Waals surface area contributed by atoms with E-state index in [1.807, 2.05) is 18.5 Å². The second-order valence-electron chi connectivity index (χ2n) is 4.64. The Morgan fingerprint density at radius 1 is 1.15 bits per heavy atom. The van der Waals surface area contributed by atoms with E-state index < -0.39 is 0 Å². The van der Waals surface area contributed by atoms with Crippen LogP contribution >= 0.6 is 11.3 Å². The Morgan fingerprint density at radius 3 is 2.85 bits per heavy atom. The minimum atomic E-state index is 0.785.